The van der Waals surface area contributed by atoms with E-state index in [0.29, 0.717) is 16.5 Å². The summed E-state index contributed by atoms with van der Waals surface area (Å²) in [5, 5.41) is 15.1. The zero-order valence-corrected chi connectivity index (χ0v) is 12.4. The minimum atomic E-state index is -0.618. The second kappa shape index (κ2) is 5.65. The van der Waals surface area contributed by atoms with Crippen molar-refractivity contribution in [1.29, 1.82) is 0 Å². The molecule has 2 aromatic rings. The van der Waals surface area contributed by atoms with Crippen LogP contribution in [0, 0.1) is 0 Å². The number of hydrogen-bond acceptors (Lipinski definition) is 2. The van der Waals surface area contributed by atoms with Crippen molar-refractivity contribution in [1.82, 2.24) is 0 Å². The van der Waals surface area contributed by atoms with Gasteiger partial charge in [0, 0.05) is 34.3 Å². The molecule has 0 fully saturated rings. The number of para-hydroxylation sites is 1. The molecular weight excluding hydrogens is 293 g/mol. The number of benzene rings is 2. The molecule has 0 aliphatic carbocycles. The molecule has 20 heavy (non-hydrogen) atoms. The van der Waals surface area contributed by atoms with Crippen LogP contribution >= 0.6 is 23.2 Å². The molecule has 0 aromatic heterocycles. The molecule has 1 unspecified atom stereocenters. The summed E-state index contributed by atoms with van der Waals surface area (Å²) in [6, 6.07) is 11.4. The second-order valence-corrected chi connectivity index (χ2v) is 5.79. The van der Waals surface area contributed by atoms with Gasteiger partial charge < -0.3 is 10.4 Å². The quantitative estimate of drug-likeness (QED) is 0.889. The molecular formula is C16H15Cl2NO. The van der Waals surface area contributed by atoms with Crippen LogP contribution in [0.25, 0.3) is 0 Å². The summed E-state index contributed by atoms with van der Waals surface area (Å²) in [6.07, 6.45) is 0.798. The Labute approximate surface area is 128 Å². The number of rotatable bonds is 3. The van der Waals surface area contributed by atoms with Gasteiger partial charge in [-0.05, 0) is 29.7 Å². The van der Waals surface area contributed by atoms with Crippen molar-refractivity contribution in [3.8, 4) is 0 Å². The van der Waals surface area contributed by atoms with E-state index >= 15 is 0 Å². The van der Waals surface area contributed by atoms with Crippen LogP contribution < -0.4 is 5.32 Å². The highest BCUT2D eigenvalue weighted by Gasteiger charge is 2.20. The zero-order valence-electron chi connectivity index (χ0n) is 10.9. The lowest BCUT2D eigenvalue weighted by atomic mass is 9.98. The molecule has 1 aliphatic heterocycles. The smallest absolute Gasteiger partial charge is 0.0851 e. The van der Waals surface area contributed by atoms with Crippen molar-refractivity contribution < 1.29 is 5.11 Å². The summed E-state index contributed by atoms with van der Waals surface area (Å²) < 4.78 is 0. The minimum Gasteiger partial charge on any atom is -0.388 e. The standard InChI is InChI=1S/C16H15Cl2NO/c17-13-5-2-6-14(18)12(13)9-15(20)11-4-1-3-10-7-8-19-16(10)11/h1-6,15,19-20H,7-9H2. The van der Waals surface area contributed by atoms with E-state index in [1.54, 1.807) is 12.1 Å². The summed E-state index contributed by atoms with van der Waals surface area (Å²) in [5.41, 5.74) is 4.02. The van der Waals surface area contributed by atoms with Gasteiger partial charge in [0.05, 0.1) is 6.10 Å². The van der Waals surface area contributed by atoms with E-state index in [9.17, 15) is 5.11 Å². The fourth-order valence-electron chi connectivity index (χ4n) is 2.67. The maximum atomic E-state index is 10.5. The SMILES string of the molecule is OC(Cc1c(Cl)cccc1Cl)c1cccc2c1NCC2. The molecule has 0 radical (unpaired) electrons. The van der Waals surface area contributed by atoms with Crippen LogP contribution in [0.3, 0.4) is 0 Å². The van der Waals surface area contributed by atoms with Gasteiger partial charge in [-0.2, -0.15) is 0 Å². The summed E-state index contributed by atoms with van der Waals surface area (Å²) in [4.78, 5) is 0. The van der Waals surface area contributed by atoms with Gasteiger partial charge in [-0.15, -0.1) is 0 Å². The third kappa shape index (κ3) is 2.51. The molecule has 2 aromatic carbocycles. The molecule has 0 saturated carbocycles. The van der Waals surface area contributed by atoms with E-state index in [1.807, 2.05) is 18.2 Å². The zero-order chi connectivity index (χ0) is 14.1. The highest BCUT2D eigenvalue weighted by molar-refractivity contribution is 6.36. The van der Waals surface area contributed by atoms with Gasteiger partial charge in [-0.25, -0.2) is 0 Å². The van der Waals surface area contributed by atoms with Crippen molar-refractivity contribution in [2.45, 2.75) is 18.9 Å². The van der Waals surface area contributed by atoms with E-state index in [0.717, 1.165) is 29.8 Å². The van der Waals surface area contributed by atoms with Gasteiger partial charge in [-0.1, -0.05) is 47.5 Å². The fourth-order valence-corrected chi connectivity index (χ4v) is 3.23. The average Bonchev–Trinajstić information content (AvgIpc) is 2.91. The highest BCUT2D eigenvalue weighted by Crippen LogP contribution is 2.35. The van der Waals surface area contributed by atoms with Gasteiger partial charge >= 0.3 is 0 Å². The van der Waals surface area contributed by atoms with E-state index in [4.69, 9.17) is 23.2 Å². The highest BCUT2D eigenvalue weighted by atomic mass is 35.5. The van der Waals surface area contributed by atoms with Crippen molar-refractivity contribution >= 4 is 28.9 Å². The summed E-state index contributed by atoms with van der Waals surface area (Å²) >= 11 is 12.3. The summed E-state index contributed by atoms with van der Waals surface area (Å²) in [6.45, 7) is 0.923. The molecule has 0 saturated heterocycles. The first-order valence-corrected chi connectivity index (χ1v) is 7.39. The third-order valence-electron chi connectivity index (χ3n) is 3.70. The Balaban J connectivity index is 1.91. The van der Waals surface area contributed by atoms with Gasteiger partial charge in [0.1, 0.15) is 0 Å². The van der Waals surface area contributed by atoms with Gasteiger partial charge in [0.15, 0.2) is 0 Å². The number of anilines is 1. The minimum absolute atomic E-state index is 0.413. The maximum Gasteiger partial charge on any atom is 0.0851 e. The Hall–Kier alpha value is -1.22. The Morgan fingerprint density at radius 3 is 2.55 bits per heavy atom. The first-order chi connectivity index (χ1) is 9.66. The number of fused-ring (bicyclic) bond motifs is 1. The second-order valence-electron chi connectivity index (χ2n) is 4.98. The van der Waals surface area contributed by atoms with E-state index < -0.39 is 6.10 Å². The topological polar surface area (TPSA) is 32.3 Å². The van der Waals surface area contributed by atoms with Crippen LogP contribution in [0.5, 0.6) is 0 Å². The van der Waals surface area contributed by atoms with Crippen LogP contribution in [0.15, 0.2) is 36.4 Å². The van der Waals surface area contributed by atoms with E-state index in [1.165, 1.54) is 5.56 Å². The molecule has 2 nitrogen and oxygen atoms in total. The van der Waals surface area contributed by atoms with Crippen LogP contribution in [-0.2, 0) is 12.8 Å². The molecule has 2 N–H and O–H groups in total. The first kappa shape index (κ1) is 13.7. The Morgan fingerprint density at radius 2 is 1.80 bits per heavy atom. The molecule has 3 rings (SSSR count). The van der Waals surface area contributed by atoms with Crippen LogP contribution in [-0.4, -0.2) is 11.7 Å². The van der Waals surface area contributed by atoms with Crippen LogP contribution in [0.4, 0.5) is 5.69 Å². The van der Waals surface area contributed by atoms with Crippen LogP contribution in [0.2, 0.25) is 10.0 Å². The van der Waals surface area contributed by atoms with Crippen molar-refractivity contribution in [2.75, 3.05) is 11.9 Å². The lowest BCUT2D eigenvalue weighted by Gasteiger charge is -2.17. The Bertz CT molecular complexity index is 622. The predicted molar refractivity (Wildman–Crippen MR) is 83.8 cm³/mol. The molecule has 0 spiro atoms. The van der Waals surface area contributed by atoms with Crippen molar-refractivity contribution in [3.05, 3.63) is 63.1 Å². The lowest BCUT2D eigenvalue weighted by Crippen LogP contribution is -2.06. The normalized spacial score (nSPS) is 14.8. The summed E-state index contributed by atoms with van der Waals surface area (Å²) in [5.74, 6) is 0. The van der Waals surface area contributed by atoms with E-state index in [2.05, 4.69) is 11.4 Å². The Morgan fingerprint density at radius 1 is 1.10 bits per heavy atom. The predicted octanol–water partition coefficient (Wildman–Crippen LogP) is 4.24. The monoisotopic (exact) mass is 307 g/mol. The first-order valence-electron chi connectivity index (χ1n) is 6.63. The number of halogens is 2. The van der Waals surface area contributed by atoms with Crippen molar-refractivity contribution in [3.63, 3.8) is 0 Å². The van der Waals surface area contributed by atoms with Crippen molar-refractivity contribution in [2.24, 2.45) is 0 Å². The summed E-state index contributed by atoms with van der Waals surface area (Å²) in [7, 11) is 0. The number of hydrogen-bond donors (Lipinski definition) is 2. The maximum absolute atomic E-state index is 10.5. The van der Waals surface area contributed by atoms with Gasteiger partial charge in [-0.3, -0.25) is 0 Å². The Kier molecular flexibility index (Phi) is 3.88. The molecule has 1 heterocycles. The van der Waals surface area contributed by atoms with Crippen LogP contribution in [0.1, 0.15) is 22.8 Å². The average molecular weight is 308 g/mol. The van der Waals surface area contributed by atoms with Gasteiger partial charge in [0.25, 0.3) is 0 Å². The van der Waals surface area contributed by atoms with Gasteiger partial charge in [0.2, 0.25) is 0 Å². The molecule has 0 amide bonds. The molecule has 1 atom stereocenters. The molecule has 104 valence electrons. The third-order valence-corrected chi connectivity index (χ3v) is 4.41. The van der Waals surface area contributed by atoms with E-state index in [-0.39, 0.29) is 0 Å². The largest absolute Gasteiger partial charge is 0.388 e. The fraction of sp³-hybridized carbons (Fsp3) is 0.250. The molecule has 1 aliphatic rings. The molecule has 4 heteroatoms. The number of aliphatic hydroxyl groups is 1. The number of aliphatic hydroxyl groups excluding tert-OH is 1. The number of nitrogens with one attached hydrogen (secondary N) is 1. The lowest BCUT2D eigenvalue weighted by molar-refractivity contribution is 0.179. The molecule has 0 bridgehead atoms.